The molecule has 3 unspecified atom stereocenters. The molecule has 1 rings (SSSR count). The van der Waals surface area contributed by atoms with E-state index in [1.807, 2.05) is 18.7 Å². The fraction of sp³-hybridized carbons (Fsp3) is 0.875. The van der Waals surface area contributed by atoms with Gasteiger partial charge in [0, 0.05) is 6.04 Å². The number of hydrogen-bond acceptors (Lipinski definition) is 2. The molecule has 3 atom stereocenters. The quantitative estimate of drug-likeness (QED) is 0.780. The average Bonchev–Trinajstić information content (AvgIpc) is 2.39. The Kier molecular flexibility index (Phi) is 6.50. The molecule has 1 aliphatic heterocycles. The fourth-order valence-electron chi connectivity index (χ4n) is 2.89. The molecular formula is C16H30N2O2. The Morgan fingerprint density at radius 3 is 2.30 bits per heavy atom. The van der Waals surface area contributed by atoms with Crippen LogP contribution in [0.25, 0.3) is 0 Å². The smallest absolute Gasteiger partial charge is 0.246 e. The molecule has 20 heavy (non-hydrogen) atoms. The number of hydrogen-bond donors (Lipinski definition) is 1. The van der Waals surface area contributed by atoms with Gasteiger partial charge in [0.05, 0.1) is 0 Å². The molecule has 4 nitrogen and oxygen atoms in total. The minimum absolute atomic E-state index is 0.0157. The second-order valence-corrected chi connectivity index (χ2v) is 6.34. The van der Waals surface area contributed by atoms with Crippen molar-refractivity contribution in [2.24, 2.45) is 5.92 Å². The largest absolute Gasteiger partial charge is 0.343 e. The molecule has 1 heterocycles. The van der Waals surface area contributed by atoms with Crippen molar-refractivity contribution in [1.82, 2.24) is 10.2 Å². The number of amides is 2. The predicted molar refractivity (Wildman–Crippen MR) is 81.3 cm³/mol. The number of rotatable bonds is 7. The van der Waals surface area contributed by atoms with E-state index in [0.717, 1.165) is 25.7 Å². The van der Waals surface area contributed by atoms with Crippen LogP contribution in [0.4, 0.5) is 0 Å². The molecule has 2 amide bonds. The summed E-state index contributed by atoms with van der Waals surface area (Å²) < 4.78 is 0. The summed E-state index contributed by atoms with van der Waals surface area (Å²) in [5, 5.41) is 2.89. The minimum Gasteiger partial charge on any atom is -0.343 e. The second-order valence-electron chi connectivity index (χ2n) is 6.34. The minimum atomic E-state index is -0.322. The summed E-state index contributed by atoms with van der Waals surface area (Å²) in [6.07, 6.45) is 4.37. The maximum atomic E-state index is 12.6. The predicted octanol–water partition coefficient (Wildman–Crippen LogP) is 2.72. The van der Waals surface area contributed by atoms with Crippen LogP contribution in [0, 0.1) is 5.92 Å². The Morgan fingerprint density at radius 1 is 1.15 bits per heavy atom. The van der Waals surface area contributed by atoms with Crippen LogP contribution in [-0.4, -0.2) is 34.8 Å². The Labute approximate surface area is 123 Å². The Hall–Kier alpha value is -1.06. The zero-order chi connectivity index (χ0) is 15.3. The molecule has 0 saturated carbocycles. The van der Waals surface area contributed by atoms with Gasteiger partial charge in [0.15, 0.2) is 0 Å². The first-order chi connectivity index (χ1) is 9.42. The molecule has 0 aromatic rings. The summed E-state index contributed by atoms with van der Waals surface area (Å²) in [7, 11) is 0. The van der Waals surface area contributed by atoms with Crippen LogP contribution in [0.3, 0.4) is 0 Å². The summed E-state index contributed by atoms with van der Waals surface area (Å²) in [5.41, 5.74) is 0. The number of carbonyl (C=O) groups excluding carboxylic acids is 2. The molecule has 0 spiro atoms. The van der Waals surface area contributed by atoms with Gasteiger partial charge in [0.2, 0.25) is 11.8 Å². The molecule has 0 radical (unpaired) electrons. The van der Waals surface area contributed by atoms with Gasteiger partial charge in [-0.15, -0.1) is 0 Å². The van der Waals surface area contributed by atoms with Crippen LogP contribution < -0.4 is 5.32 Å². The van der Waals surface area contributed by atoms with E-state index in [1.54, 1.807) is 0 Å². The third-order valence-corrected chi connectivity index (χ3v) is 4.11. The van der Waals surface area contributed by atoms with Crippen LogP contribution in [0.15, 0.2) is 0 Å². The highest BCUT2D eigenvalue weighted by molar-refractivity contribution is 5.97. The van der Waals surface area contributed by atoms with E-state index in [2.05, 4.69) is 26.1 Å². The Bertz CT molecular complexity index is 341. The molecule has 1 aliphatic rings. The summed E-state index contributed by atoms with van der Waals surface area (Å²) in [6, 6.07) is -0.477. The average molecular weight is 282 g/mol. The van der Waals surface area contributed by atoms with Gasteiger partial charge in [-0.3, -0.25) is 9.59 Å². The zero-order valence-corrected chi connectivity index (χ0v) is 13.6. The van der Waals surface area contributed by atoms with E-state index in [4.69, 9.17) is 0 Å². The highest BCUT2D eigenvalue weighted by Crippen LogP contribution is 2.22. The summed E-state index contributed by atoms with van der Waals surface area (Å²) >= 11 is 0. The van der Waals surface area contributed by atoms with Gasteiger partial charge in [-0.1, -0.05) is 34.1 Å². The highest BCUT2D eigenvalue weighted by Gasteiger charge is 2.41. The second kappa shape index (κ2) is 7.65. The van der Waals surface area contributed by atoms with Crippen LogP contribution in [0.2, 0.25) is 0 Å². The fourth-order valence-corrected chi connectivity index (χ4v) is 2.89. The van der Waals surface area contributed by atoms with Crippen molar-refractivity contribution >= 4 is 11.8 Å². The van der Waals surface area contributed by atoms with Crippen molar-refractivity contribution < 1.29 is 9.59 Å². The van der Waals surface area contributed by atoms with Gasteiger partial charge in [0.1, 0.15) is 12.1 Å². The number of nitrogens with one attached hydrogen (secondary N) is 1. The van der Waals surface area contributed by atoms with Crippen molar-refractivity contribution in [2.45, 2.75) is 84.8 Å². The molecule has 1 fully saturated rings. The number of carbonyl (C=O) groups is 2. The first-order valence-electron chi connectivity index (χ1n) is 8.04. The van der Waals surface area contributed by atoms with E-state index in [1.165, 1.54) is 0 Å². The Morgan fingerprint density at radius 2 is 1.80 bits per heavy atom. The third-order valence-electron chi connectivity index (χ3n) is 4.11. The van der Waals surface area contributed by atoms with Gasteiger partial charge in [0.25, 0.3) is 0 Å². The SMILES string of the molecule is CCCC1NC(=O)C(CC)N(C(C)CCC(C)C)C1=O. The molecule has 116 valence electrons. The third kappa shape index (κ3) is 3.97. The normalized spacial score (nSPS) is 25.0. The maximum absolute atomic E-state index is 12.6. The first kappa shape index (κ1) is 17.0. The van der Waals surface area contributed by atoms with Crippen molar-refractivity contribution in [3.8, 4) is 0 Å². The molecule has 0 bridgehead atoms. The van der Waals surface area contributed by atoms with Crippen LogP contribution >= 0.6 is 0 Å². The molecule has 0 aromatic heterocycles. The van der Waals surface area contributed by atoms with Crippen LogP contribution in [0.5, 0.6) is 0 Å². The van der Waals surface area contributed by atoms with E-state index in [-0.39, 0.29) is 29.9 Å². The molecule has 1 N–H and O–H groups in total. The van der Waals surface area contributed by atoms with Crippen LogP contribution in [0.1, 0.15) is 66.7 Å². The van der Waals surface area contributed by atoms with Crippen molar-refractivity contribution in [2.75, 3.05) is 0 Å². The zero-order valence-electron chi connectivity index (χ0n) is 13.6. The lowest BCUT2D eigenvalue weighted by Crippen LogP contribution is -2.65. The van der Waals surface area contributed by atoms with Crippen molar-refractivity contribution in [1.29, 1.82) is 0 Å². The van der Waals surface area contributed by atoms with Gasteiger partial charge < -0.3 is 10.2 Å². The van der Waals surface area contributed by atoms with E-state index >= 15 is 0 Å². The summed E-state index contributed by atoms with van der Waals surface area (Å²) in [4.78, 5) is 26.7. The van der Waals surface area contributed by atoms with E-state index < -0.39 is 0 Å². The molecule has 0 aromatic carbocycles. The molecule has 4 heteroatoms. The maximum Gasteiger partial charge on any atom is 0.246 e. The monoisotopic (exact) mass is 282 g/mol. The molecular weight excluding hydrogens is 252 g/mol. The van der Waals surface area contributed by atoms with E-state index in [0.29, 0.717) is 12.3 Å². The van der Waals surface area contributed by atoms with Crippen LogP contribution in [-0.2, 0) is 9.59 Å². The topological polar surface area (TPSA) is 49.4 Å². The summed E-state index contributed by atoms with van der Waals surface area (Å²) in [6.45, 7) is 10.5. The van der Waals surface area contributed by atoms with E-state index in [9.17, 15) is 9.59 Å². The van der Waals surface area contributed by atoms with Gasteiger partial charge in [-0.2, -0.15) is 0 Å². The lowest BCUT2D eigenvalue weighted by Gasteiger charge is -2.42. The molecule has 1 saturated heterocycles. The number of nitrogens with zero attached hydrogens (tertiary/aromatic N) is 1. The highest BCUT2D eigenvalue weighted by atomic mass is 16.2. The van der Waals surface area contributed by atoms with Gasteiger partial charge >= 0.3 is 0 Å². The molecule has 0 aliphatic carbocycles. The first-order valence-corrected chi connectivity index (χ1v) is 8.04. The lowest BCUT2D eigenvalue weighted by atomic mass is 9.96. The van der Waals surface area contributed by atoms with Gasteiger partial charge in [-0.05, 0) is 38.5 Å². The van der Waals surface area contributed by atoms with Gasteiger partial charge in [-0.25, -0.2) is 0 Å². The number of piperazine rings is 1. The van der Waals surface area contributed by atoms with Crippen molar-refractivity contribution in [3.63, 3.8) is 0 Å². The standard InChI is InChI=1S/C16H30N2O2/c1-6-8-13-16(20)18(12(5)10-9-11(3)4)14(7-2)15(19)17-13/h11-14H,6-10H2,1-5H3,(H,17,19). The summed E-state index contributed by atoms with van der Waals surface area (Å²) in [5.74, 6) is 0.745. The van der Waals surface area contributed by atoms with Crippen molar-refractivity contribution in [3.05, 3.63) is 0 Å². The Balaban J connectivity index is 2.84. The lowest BCUT2D eigenvalue weighted by molar-refractivity contribution is -0.152.